The standard InChI is InChI=1S/C17H33N5O2/c1-6-8-19-15(18-7-2)20-9-10-21-11-13-22(14-12-21)16(23)24-17(3,4)5/h6H,1,7-14H2,2-5H3,(H2,18,19,20). The van der Waals surface area contributed by atoms with E-state index in [4.69, 9.17) is 4.74 Å². The molecule has 0 aromatic rings. The molecule has 7 nitrogen and oxygen atoms in total. The molecular weight excluding hydrogens is 306 g/mol. The van der Waals surface area contributed by atoms with Gasteiger partial charge in [-0.05, 0) is 27.7 Å². The summed E-state index contributed by atoms with van der Waals surface area (Å²) in [4.78, 5) is 20.7. The largest absolute Gasteiger partial charge is 0.444 e. The zero-order valence-corrected chi connectivity index (χ0v) is 15.6. The van der Waals surface area contributed by atoms with Crippen molar-refractivity contribution in [1.29, 1.82) is 0 Å². The first-order valence-electron chi connectivity index (χ1n) is 8.69. The minimum absolute atomic E-state index is 0.219. The molecule has 0 atom stereocenters. The molecular formula is C17H33N5O2. The van der Waals surface area contributed by atoms with Crippen molar-refractivity contribution in [3.8, 4) is 0 Å². The van der Waals surface area contributed by atoms with Gasteiger partial charge in [0.15, 0.2) is 5.96 Å². The molecule has 138 valence electrons. The van der Waals surface area contributed by atoms with Gasteiger partial charge in [-0.3, -0.25) is 9.89 Å². The molecule has 0 radical (unpaired) electrons. The maximum absolute atomic E-state index is 12.0. The highest BCUT2D eigenvalue weighted by atomic mass is 16.6. The lowest BCUT2D eigenvalue weighted by Crippen LogP contribution is -2.50. The van der Waals surface area contributed by atoms with E-state index in [0.29, 0.717) is 19.6 Å². The summed E-state index contributed by atoms with van der Waals surface area (Å²) < 4.78 is 5.41. The van der Waals surface area contributed by atoms with E-state index >= 15 is 0 Å². The van der Waals surface area contributed by atoms with Crippen LogP contribution in [0.15, 0.2) is 17.6 Å². The molecule has 1 heterocycles. The number of aliphatic imine (C=N–C) groups is 1. The number of nitrogens with one attached hydrogen (secondary N) is 2. The zero-order valence-electron chi connectivity index (χ0n) is 15.6. The van der Waals surface area contributed by atoms with Crippen molar-refractivity contribution in [2.45, 2.75) is 33.3 Å². The molecule has 1 aliphatic rings. The molecule has 1 amide bonds. The van der Waals surface area contributed by atoms with Crippen LogP contribution in [0.3, 0.4) is 0 Å². The van der Waals surface area contributed by atoms with Gasteiger partial charge >= 0.3 is 6.09 Å². The van der Waals surface area contributed by atoms with Crippen molar-refractivity contribution < 1.29 is 9.53 Å². The Hall–Kier alpha value is -1.76. The first kappa shape index (κ1) is 20.3. The molecule has 1 rings (SSSR count). The van der Waals surface area contributed by atoms with E-state index < -0.39 is 5.60 Å². The van der Waals surface area contributed by atoms with E-state index in [1.54, 1.807) is 4.90 Å². The van der Waals surface area contributed by atoms with Crippen molar-refractivity contribution >= 4 is 12.1 Å². The van der Waals surface area contributed by atoms with Gasteiger partial charge in [0, 0.05) is 45.8 Å². The number of ether oxygens (including phenoxy) is 1. The van der Waals surface area contributed by atoms with Gasteiger partial charge in [-0.25, -0.2) is 4.79 Å². The molecule has 0 bridgehead atoms. The summed E-state index contributed by atoms with van der Waals surface area (Å²) >= 11 is 0. The number of piperazine rings is 1. The second-order valence-electron chi connectivity index (χ2n) is 6.74. The Bertz CT molecular complexity index is 423. The topological polar surface area (TPSA) is 69.2 Å². The Morgan fingerprint density at radius 2 is 1.92 bits per heavy atom. The highest BCUT2D eigenvalue weighted by Crippen LogP contribution is 2.11. The van der Waals surface area contributed by atoms with Gasteiger partial charge in [0.05, 0.1) is 6.54 Å². The Balaban J connectivity index is 2.32. The molecule has 7 heteroatoms. The third kappa shape index (κ3) is 8.19. The fourth-order valence-electron chi connectivity index (χ4n) is 2.29. The van der Waals surface area contributed by atoms with Gasteiger partial charge in [-0.15, -0.1) is 6.58 Å². The molecule has 0 aromatic carbocycles. The summed E-state index contributed by atoms with van der Waals surface area (Å²) in [6.45, 7) is 17.6. The van der Waals surface area contributed by atoms with Crippen LogP contribution < -0.4 is 10.6 Å². The SMILES string of the molecule is C=CCNC(=NCCN1CCN(C(=O)OC(C)(C)C)CC1)NCC. The van der Waals surface area contributed by atoms with Gasteiger partial charge < -0.3 is 20.3 Å². The molecule has 0 saturated carbocycles. The Morgan fingerprint density at radius 3 is 2.46 bits per heavy atom. The number of hydrogen-bond acceptors (Lipinski definition) is 4. The molecule has 1 aliphatic heterocycles. The van der Waals surface area contributed by atoms with Crippen molar-refractivity contribution in [2.75, 3.05) is 52.4 Å². The highest BCUT2D eigenvalue weighted by molar-refractivity contribution is 5.79. The number of guanidine groups is 1. The zero-order chi connectivity index (χ0) is 18.0. The summed E-state index contributed by atoms with van der Waals surface area (Å²) in [6, 6.07) is 0. The number of carbonyl (C=O) groups is 1. The Labute approximate surface area is 146 Å². The van der Waals surface area contributed by atoms with Crippen molar-refractivity contribution in [3.05, 3.63) is 12.7 Å². The number of carbonyl (C=O) groups excluding carboxylic acids is 1. The van der Waals surface area contributed by atoms with Crippen LogP contribution in [0.5, 0.6) is 0 Å². The summed E-state index contributed by atoms with van der Waals surface area (Å²) in [5.74, 6) is 0.810. The van der Waals surface area contributed by atoms with Crippen LogP contribution in [0.2, 0.25) is 0 Å². The van der Waals surface area contributed by atoms with Crippen LogP contribution in [0.25, 0.3) is 0 Å². The fraction of sp³-hybridized carbons (Fsp3) is 0.765. The minimum Gasteiger partial charge on any atom is -0.444 e. The molecule has 0 unspecified atom stereocenters. The Morgan fingerprint density at radius 1 is 1.25 bits per heavy atom. The van der Waals surface area contributed by atoms with E-state index in [9.17, 15) is 4.79 Å². The van der Waals surface area contributed by atoms with Crippen LogP contribution in [0.4, 0.5) is 4.79 Å². The highest BCUT2D eigenvalue weighted by Gasteiger charge is 2.25. The lowest BCUT2D eigenvalue weighted by molar-refractivity contribution is 0.0148. The summed E-state index contributed by atoms with van der Waals surface area (Å²) in [5.41, 5.74) is -0.440. The van der Waals surface area contributed by atoms with Crippen molar-refractivity contribution in [2.24, 2.45) is 4.99 Å². The second-order valence-corrected chi connectivity index (χ2v) is 6.74. The third-order valence-electron chi connectivity index (χ3n) is 3.47. The molecule has 0 spiro atoms. The van der Waals surface area contributed by atoms with E-state index in [-0.39, 0.29) is 6.09 Å². The van der Waals surface area contributed by atoms with E-state index in [1.165, 1.54) is 0 Å². The van der Waals surface area contributed by atoms with Gasteiger partial charge in [0.25, 0.3) is 0 Å². The van der Waals surface area contributed by atoms with Crippen LogP contribution in [0, 0.1) is 0 Å². The van der Waals surface area contributed by atoms with Gasteiger partial charge in [-0.2, -0.15) is 0 Å². The van der Waals surface area contributed by atoms with Crippen LogP contribution in [-0.4, -0.2) is 79.8 Å². The maximum Gasteiger partial charge on any atom is 0.410 e. The minimum atomic E-state index is -0.440. The predicted molar refractivity (Wildman–Crippen MR) is 98.4 cm³/mol. The van der Waals surface area contributed by atoms with E-state index in [1.807, 2.05) is 33.8 Å². The summed E-state index contributed by atoms with van der Waals surface area (Å²) in [7, 11) is 0. The smallest absolute Gasteiger partial charge is 0.410 e. The fourth-order valence-corrected chi connectivity index (χ4v) is 2.29. The lowest BCUT2D eigenvalue weighted by atomic mass is 10.2. The number of rotatable bonds is 6. The van der Waals surface area contributed by atoms with E-state index in [0.717, 1.165) is 38.7 Å². The molecule has 24 heavy (non-hydrogen) atoms. The van der Waals surface area contributed by atoms with Crippen LogP contribution in [0.1, 0.15) is 27.7 Å². The molecule has 2 N–H and O–H groups in total. The quantitative estimate of drug-likeness (QED) is 0.433. The monoisotopic (exact) mass is 339 g/mol. The normalized spacial score (nSPS) is 16.7. The van der Waals surface area contributed by atoms with E-state index in [2.05, 4.69) is 27.1 Å². The van der Waals surface area contributed by atoms with Gasteiger partial charge in [0.1, 0.15) is 5.60 Å². The third-order valence-corrected chi connectivity index (χ3v) is 3.47. The number of amides is 1. The number of hydrogen-bond donors (Lipinski definition) is 2. The van der Waals surface area contributed by atoms with Crippen molar-refractivity contribution in [3.63, 3.8) is 0 Å². The molecule has 1 saturated heterocycles. The van der Waals surface area contributed by atoms with Gasteiger partial charge in [0.2, 0.25) is 0 Å². The second kappa shape index (κ2) is 10.2. The maximum atomic E-state index is 12.0. The summed E-state index contributed by atoms with van der Waals surface area (Å²) in [5, 5.41) is 6.39. The average molecular weight is 339 g/mol. The first-order chi connectivity index (χ1) is 11.4. The average Bonchev–Trinajstić information content (AvgIpc) is 2.51. The van der Waals surface area contributed by atoms with Gasteiger partial charge in [-0.1, -0.05) is 6.08 Å². The lowest BCUT2D eigenvalue weighted by Gasteiger charge is -2.35. The van der Waals surface area contributed by atoms with Crippen LogP contribution in [-0.2, 0) is 4.74 Å². The number of nitrogens with zero attached hydrogens (tertiary/aromatic N) is 3. The Kier molecular flexibility index (Phi) is 8.60. The van der Waals surface area contributed by atoms with Crippen molar-refractivity contribution in [1.82, 2.24) is 20.4 Å². The first-order valence-corrected chi connectivity index (χ1v) is 8.69. The summed E-state index contributed by atoms with van der Waals surface area (Å²) in [6.07, 6.45) is 1.59. The predicted octanol–water partition coefficient (Wildman–Crippen LogP) is 1.28. The van der Waals surface area contributed by atoms with Crippen LogP contribution >= 0.6 is 0 Å². The molecule has 0 aliphatic carbocycles. The molecule has 1 fully saturated rings. The molecule has 0 aromatic heterocycles.